The third-order valence-electron chi connectivity index (χ3n) is 5.63. The molecule has 28 heavy (non-hydrogen) atoms. The van der Waals surface area contributed by atoms with E-state index in [1.54, 1.807) is 16.4 Å². The first-order valence-electron chi connectivity index (χ1n) is 10.0. The molecule has 0 bridgehead atoms. The van der Waals surface area contributed by atoms with E-state index in [1.165, 1.54) is 11.1 Å². The van der Waals surface area contributed by atoms with E-state index in [4.69, 9.17) is 9.47 Å². The number of aryl methyl sites for hydroxylation is 1. The Morgan fingerprint density at radius 3 is 2.36 bits per heavy atom. The van der Waals surface area contributed by atoms with Gasteiger partial charge in [0.15, 0.2) is 11.5 Å². The maximum atomic E-state index is 12.9. The quantitative estimate of drug-likeness (QED) is 0.734. The van der Waals surface area contributed by atoms with Crippen LogP contribution in [0.25, 0.3) is 0 Å². The summed E-state index contributed by atoms with van der Waals surface area (Å²) in [6, 6.07) is 13.4. The molecular formula is C22H27NO4S. The topological polar surface area (TPSA) is 55.8 Å². The van der Waals surface area contributed by atoms with Crippen LogP contribution in [0.2, 0.25) is 0 Å². The average Bonchev–Trinajstić information content (AvgIpc) is 3.17. The van der Waals surface area contributed by atoms with E-state index in [-0.39, 0.29) is 6.79 Å². The van der Waals surface area contributed by atoms with Crippen LogP contribution in [-0.4, -0.2) is 32.6 Å². The molecule has 5 nitrogen and oxygen atoms in total. The van der Waals surface area contributed by atoms with Crippen molar-refractivity contribution in [2.75, 3.05) is 19.9 Å². The maximum Gasteiger partial charge on any atom is 0.243 e. The first-order valence-corrected chi connectivity index (χ1v) is 11.5. The Labute approximate surface area is 167 Å². The van der Waals surface area contributed by atoms with Crippen molar-refractivity contribution in [3.05, 3.63) is 53.6 Å². The summed E-state index contributed by atoms with van der Waals surface area (Å²) in [5, 5.41) is 0. The van der Waals surface area contributed by atoms with Crippen LogP contribution in [0.15, 0.2) is 47.4 Å². The molecule has 2 aliphatic rings. The van der Waals surface area contributed by atoms with Gasteiger partial charge in [0.2, 0.25) is 16.8 Å². The second kappa shape index (κ2) is 8.13. The number of ether oxygens (including phenoxy) is 2. The van der Waals surface area contributed by atoms with E-state index < -0.39 is 10.0 Å². The highest BCUT2D eigenvalue weighted by molar-refractivity contribution is 7.89. The number of piperidine rings is 1. The highest BCUT2D eigenvalue weighted by atomic mass is 32.2. The molecule has 6 heteroatoms. The van der Waals surface area contributed by atoms with Crippen LogP contribution in [0.5, 0.6) is 11.5 Å². The first kappa shape index (κ1) is 19.3. The molecule has 150 valence electrons. The van der Waals surface area contributed by atoms with Gasteiger partial charge in [0, 0.05) is 13.1 Å². The van der Waals surface area contributed by atoms with Gasteiger partial charge < -0.3 is 9.47 Å². The van der Waals surface area contributed by atoms with Crippen molar-refractivity contribution in [2.45, 2.75) is 43.9 Å². The summed E-state index contributed by atoms with van der Waals surface area (Å²) >= 11 is 0. The molecule has 0 aliphatic carbocycles. The molecular weight excluding hydrogens is 374 g/mol. The standard InChI is InChI=1S/C22H27NO4S/c1-2-3-17-4-7-20(8-5-17)28(24,25)23-12-10-18(11-13-23)14-19-6-9-21-22(15-19)27-16-26-21/h4-9,15,18H,2-3,10-14,16H2,1H3. The molecule has 0 saturated carbocycles. The molecule has 1 fully saturated rings. The van der Waals surface area contributed by atoms with E-state index in [9.17, 15) is 8.42 Å². The van der Waals surface area contributed by atoms with Gasteiger partial charge in [-0.05, 0) is 67.0 Å². The Bertz CT molecular complexity index is 916. The van der Waals surface area contributed by atoms with Crippen molar-refractivity contribution >= 4 is 10.0 Å². The van der Waals surface area contributed by atoms with Crippen LogP contribution in [0.1, 0.15) is 37.3 Å². The molecule has 4 rings (SSSR count). The number of benzene rings is 2. The zero-order chi connectivity index (χ0) is 19.6. The summed E-state index contributed by atoms with van der Waals surface area (Å²) in [6.07, 6.45) is 4.73. The highest BCUT2D eigenvalue weighted by Crippen LogP contribution is 2.34. The second-order valence-electron chi connectivity index (χ2n) is 7.63. The Morgan fingerprint density at radius 1 is 0.964 bits per heavy atom. The number of sulfonamides is 1. The lowest BCUT2D eigenvalue weighted by molar-refractivity contribution is 0.174. The van der Waals surface area contributed by atoms with Gasteiger partial charge >= 0.3 is 0 Å². The van der Waals surface area contributed by atoms with Crippen molar-refractivity contribution in [3.63, 3.8) is 0 Å². The smallest absolute Gasteiger partial charge is 0.243 e. The third kappa shape index (κ3) is 4.03. The number of hydrogen-bond donors (Lipinski definition) is 0. The molecule has 2 aromatic rings. The average molecular weight is 402 g/mol. The minimum Gasteiger partial charge on any atom is -0.454 e. The fourth-order valence-electron chi connectivity index (χ4n) is 4.02. The summed E-state index contributed by atoms with van der Waals surface area (Å²) in [5.41, 5.74) is 2.40. The van der Waals surface area contributed by atoms with Crippen LogP contribution >= 0.6 is 0 Å². The van der Waals surface area contributed by atoms with E-state index in [0.29, 0.717) is 23.9 Å². The number of fused-ring (bicyclic) bond motifs is 1. The third-order valence-corrected chi connectivity index (χ3v) is 7.55. The van der Waals surface area contributed by atoms with Crippen LogP contribution < -0.4 is 9.47 Å². The van der Waals surface area contributed by atoms with Crippen LogP contribution in [0, 0.1) is 5.92 Å². The molecule has 0 spiro atoms. The fourth-order valence-corrected chi connectivity index (χ4v) is 5.49. The zero-order valence-electron chi connectivity index (χ0n) is 16.3. The molecule has 2 heterocycles. The molecule has 0 atom stereocenters. The van der Waals surface area contributed by atoms with Gasteiger partial charge in [-0.2, -0.15) is 4.31 Å². The van der Waals surface area contributed by atoms with Crippen molar-refractivity contribution in [3.8, 4) is 11.5 Å². The molecule has 2 aliphatic heterocycles. The highest BCUT2D eigenvalue weighted by Gasteiger charge is 2.29. The molecule has 1 saturated heterocycles. The minimum atomic E-state index is -3.40. The molecule has 0 aromatic heterocycles. The normalized spacial score (nSPS) is 17.8. The van der Waals surface area contributed by atoms with Crippen molar-refractivity contribution in [2.24, 2.45) is 5.92 Å². The monoisotopic (exact) mass is 401 g/mol. The molecule has 0 radical (unpaired) electrons. The van der Waals surface area contributed by atoms with Gasteiger partial charge in [-0.3, -0.25) is 0 Å². The van der Waals surface area contributed by atoms with Gasteiger partial charge in [-0.25, -0.2) is 8.42 Å². The Kier molecular flexibility index (Phi) is 5.60. The number of nitrogens with zero attached hydrogens (tertiary/aromatic N) is 1. The fraction of sp³-hybridized carbons (Fsp3) is 0.455. The number of hydrogen-bond acceptors (Lipinski definition) is 4. The molecule has 0 unspecified atom stereocenters. The predicted octanol–water partition coefficient (Wildman–Crippen LogP) is 4.01. The predicted molar refractivity (Wildman–Crippen MR) is 108 cm³/mol. The number of rotatable bonds is 6. The SMILES string of the molecule is CCCc1ccc(S(=O)(=O)N2CCC(Cc3ccc4c(c3)OCO4)CC2)cc1. The molecule has 0 N–H and O–H groups in total. The minimum absolute atomic E-state index is 0.286. The Hall–Kier alpha value is -2.05. The van der Waals surface area contributed by atoms with Crippen molar-refractivity contribution in [1.82, 2.24) is 4.31 Å². The van der Waals surface area contributed by atoms with Gasteiger partial charge in [0.05, 0.1) is 4.90 Å². The van der Waals surface area contributed by atoms with E-state index >= 15 is 0 Å². The van der Waals surface area contributed by atoms with E-state index in [1.807, 2.05) is 24.3 Å². The summed E-state index contributed by atoms with van der Waals surface area (Å²) in [5.74, 6) is 2.09. The van der Waals surface area contributed by atoms with Crippen LogP contribution in [0.3, 0.4) is 0 Å². The molecule has 2 aromatic carbocycles. The van der Waals surface area contributed by atoms with Crippen molar-refractivity contribution in [1.29, 1.82) is 0 Å². The van der Waals surface area contributed by atoms with E-state index in [2.05, 4.69) is 13.0 Å². The summed E-state index contributed by atoms with van der Waals surface area (Å²) in [6.45, 7) is 3.56. The van der Waals surface area contributed by atoms with E-state index in [0.717, 1.165) is 43.6 Å². The molecule has 0 amide bonds. The summed E-state index contributed by atoms with van der Waals surface area (Å²) in [7, 11) is -3.40. The van der Waals surface area contributed by atoms with Gasteiger partial charge in [-0.15, -0.1) is 0 Å². The largest absolute Gasteiger partial charge is 0.454 e. The van der Waals surface area contributed by atoms with Crippen LogP contribution in [0.4, 0.5) is 0 Å². The summed E-state index contributed by atoms with van der Waals surface area (Å²) < 4.78 is 38.3. The Morgan fingerprint density at radius 2 is 1.64 bits per heavy atom. The maximum absolute atomic E-state index is 12.9. The van der Waals surface area contributed by atoms with Gasteiger partial charge in [0.1, 0.15) is 0 Å². The summed E-state index contributed by atoms with van der Waals surface area (Å²) in [4.78, 5) is 0.404. The second-order valence-corrected chi connectivity index (χ2v) is 9.57. The zero-order valence-corrected chi connectivity index (χ0v) is 17.1. The Balaban J connectivity index is 1.36. The van der Waals surface area contributed by atoms with Gasteiger partial charge in [0.25, 0.3) is 0 Å². The lowest BCUT2D eigenvalue weighted by Gasteiger charge is -2.31. The first-order chi connectivity index (χ1) is 13.6. The van der Waals surface area contributed by atoms with Gasteiger partial charge in [-0.1, -0.05) is 31.5 Å². The lowest BCUT2D eigenvalue weighted by Crippen LogP contribution is -2.38. The van der Waals surface area contributed by atoms with Crippen molar-refractivity contribution < 1.29 is 17.9 Å². The van der Waals surface area contributed by atoms with Crippen LogP contribution in [-0.2, 0) is 22.9 Å². The lowest BCUT2D eigenvalue weighted by atomic mass is 9.91.